The van der Waals surface area contributed by atoms with Gasteiger partial charge in [-0.25, -0.2) is 9.78 Å². The van der Waals surface area contributed by atoms with Gasteiger partial charge in [-0.15, -0.1) is 0 Å². The first-order valence-corrected chi connectivity index (χ1v) is 10.3. The second kappa shape index (κ2) is 5.99. The van der Waals surface area contributed by atoms with Gasteiger partial charge in [0.1, 0.15) is 10.4 Å². The Labute approximate surface area is 129 Å². The van der Waals surface area contributed by atoms with E-state index in [4.69, 9.17) is 9.53 Å². The minimum atomic E-state index is -1.77. The van der Waals surface area contributed by atoms with Gasteiger partial charge >= 0.3 is 5.97 Å². The van der Waals surface area contributed by atoms with Gasteiger partial charge in [0.25, 0.3) is 0 Å². The summed E-state index contributed by atoms with van der Waals surface area (Å²) in [6.45, 7) is 13.9. The fraction of sp³-hybridized carbons (Fsp3) is 0.692. The maximum atomic E-state index is 11.0. The van der Waals surface area contributed by atoms with E-state index in [1.165, 1.54) is 0 Å². The second-order valence-corrected chi connectivity index (χ2v) is 11.9. The van der Waals surface area contributed by atoms with E-state index >= 15 is 0 Å². The number of carboxylic acid groups (broad SMARTS) is 1. The number of aromatic nitrogens is 2. The van der Waals surface area contributed by atoms with E-state index in [1.807, 2.05) is 4.57 Å². The highest BCUT2D eigenvalue weighted by atomic mass is 79.9. The number of halogens is 1. The Morgan fingerprint density at radius 3 is 2.40 bits per heavy atom. The van der Waals surface area contributed by atoms with E-state index in [-0.39, 0.29) is 10.7 Å². The van der Waals surface area contributed by atoms with Gasteiger partial charge in [0.2, 0.25) is 0 Å². The Morgan fingerprint density at radius 2 is 2.00 bits per heavy atom. The van der Waals surface area contributed by atoms with Crippen LogP contribution < -0.4 is 0 Å². The smallest absolute Gasteiger partial charge is 0.357 e. The van der Waals surface area contributed by atoms with Crippen molar-refractivity contribution in [2.75, 3.05) is 6.61 Å². The van der Waals surface area contributed by atoms with Crippen LogP contribution in [0.25, 0.3) is 0 Å². The van der Waals surface area contributed by atoms with Crippen LogP contribution in [0.5, 0.6) is 0 Å². The van der Waals surface area contributed by atoms with Crippen LogP contribution in [0.15, 0.2) is 4.60 Å². The van der Waals surface area contributed by atoms with Crippen LogP contribution in [0.3, 0.4) is 0 Å². The zero-order valence-electron chi connectivity index (χ0n) is 13.0. The van der Waals surface area contributed by atoms with Crippen molar-refractivity contribution in [3.63, 3.8) is 0 Å². The second-order valence-electron chi connectivity index (χ2n) is 6.36. The maximum absolute atomic E-state index is 11.0. The summed E-state index contributed by atoms with van der Waals surface area (Å²) in [5.74, 6) is -0.350. The molecule has 0 aliphatic heterocycles. The predicted molar refractivity (Wildman–Crippen MR) is 84.8 cm³/mol. The molecule has 0 saturated heterocycles. The van der Waals surface area contributed by atoms with Crippen LogP contribution in [0.4, 0.5) is 0 Å². The minimum absolute atomic E-state index is 0.0508. The van der Waals surface area contributed by atoms with Gasteiger partial charge in [-0.3, -0.25) is 0 Å². The summed E-state index contributed by atoms with van der Waals surface area (Å²) >= 11 is 3.30. The van der Waals surface area contributed by atoms with E-state index in [2.05, 4.69) is 54.8 Å². The summed E-state index contributed by atoms with van der Waals surface area (Å²) in [6, 6.07) is 0. The summed E-state index contributed by atoms with van der Waals surface area (Å²) in [4.78, 5) is 15.1. The summed E-state index contributed by atoms with van der Waals surface area (Å²) in [6.07, 6.45) is 0. The third-order valence-electron chi connectivity index (χ3n) is 3.88. The zero-order chi connectivity index (χ0) is 15.7. The molecule has 114 valence electrons. The monoisotopic (exact) mass is 362 g/mol. The lowest BCUT2D eigenvalue weighted by molar-refractivity contribution is 0.0689. The van der Waals surface area contributed by atoms with Crippen molar-refractivity contribution >= 4 is 30.2 Å². The van der Waals surface area contributed by atoms with E-state index in [1.54, 1.807) is 6.92 Å². The van der Waals surface area contributed by atoms with Crippen LogP contribution in [0.2, 0.25) is 18.1 Å². The lowest BCUT2D eigenvalue weighted by Gasteiger charge is -2.36. The summed E-state index contributed by atoms with van der Waals surface area (Å²) < 4.78 is 8.43. The molecule has 0 radical (unpaired) electrons. The van der Waals surface area contributed by atoms with Gasteiger partial charge in [-0.1, -0.05) is 20.8 Å². The van der Waals surface area contributed by atoms with Crippen molar-refractivity contribution in [2.24, 2.45) is 0 Å². The van der Waals surface area contributed by atoms with Crippen molar-refractivity contribution in [2.45, 2.75) is 52.4 Å². The molecule has 0 unspecified atom stereocenters. The van der Waals surface area contributed by atoms with Crippen LogP contribution in [-0.2, 0) is 11.0 Å². The highest BCUT2D eigenvalue weighted by molar-refractivity contribution is 9.10. The first-order chi connectivity index (χ1) is 8.97. The summed E-state index contributed by atoms with van der Waals surface area (Å²) in [7, 11) is -1.77. The van der Waals surface area contributed by atoms with Gasteiger partial charge in [-0.05, 0) is 41.0 Å². The molecule has 1 N–H and O–H groups in total. The van der Waals surface area contributed by atoms with Gasteiger partial charge < -0.3 is 14.1 Å². The minimum Gasteiger partial charge on any atom is -0.476 e. The number of aryl methyl sites for hydroxylation is 1. The van der Waals surface area contributed by atoms with Gasteiger partial charge in [-0.2, -0.15) is 0 Å². The molecule has 0 spiro atoms. The Hall–Kier alpha value is -0.663. The predicted octanol–water partition coefficient (Wildman–Crippen LogP) is 3.67. The molecule has 7 heteroatoms. The molecule has 0 aromatic carbocycles. The number of carbonyl (C=O) groups is 1. The third kappa shape index (κ3) is 3.71. The molecule has 1 aromatic rings. The number of carboxylic acids is 1. The molecule has 20 heavy (non-hydrogen) atoms. The van der Waals surface area contributed by atoms with Crippen LogP contribution >= 0.6 is 15.9 Å². The van der Waals surface area contributed by atoms with Gasteiger partial charge in [0, 0.05) is 6.54 Å². The third-order valence-corrected chi connectivity index (χ3v) is 9.23. The number of aromatic carboxylic acids is 1. The number of imidazole rings is 1. The Bertz CT molecular complexity index is 506. The largest absolute Gasteiger partial charge is 0.476 e. The molecule has 0 amide bonds. The molecule has 0 fully saturated rings. The lowest BCUT2D eigenvalue weighted by atomic mass is 10.2. The molecule has 1 heterocycles. The molecule has 0 saturated carbocycles. The fourth-order valence-corrected chi connectivity index (χ4v) is 3.27. The average Bonchev–Trinajstić information content (AvgIpc) is 2.55. The van der Waals surface area contributed by atoms with E-state index in [0.29, 0.717) is 23.6 Å². The number of nitrogens with zero attached hydrogens (tertiary/aromatic N) is 2. The van der Waals surface area contributed by atoms with E-state index < -0.39 is 14.3 Å². The Morgan fingerprint density at radius 1 is 1.45 bits per heavy atom. The van der Waals surface area contributed by atoms with E-state index in [9.17, 15) is 4.79 Å². The standard InChI is InChI=1S/C13H23BrN2O3Si/c1-9-15-10(12(17)18)11(14)16(9)7-8-19-20(5,6)13(2,3)4/h7-8H2,1-6H3,(H,17,18). The van der Waals surface area contributed by atoms with Crippen molar-refractivity contribution in [1.82, 2.24) is 9.55 Å². The summed E-state index contributed by atoms with van der Waals surface area (Å²) in [5.41, 5.74) is 0.0508. The van der Waals surface area contributed by atoms with Crippen molar-refractivity contribution in [3.05, 3.63) is 16.1 Å². The summed E-state index contributed by atoms with van der Waals surface area (Å²) in [5, 5.41) is 9.20. The molecular weight excluding hydrogens is 340 g/mol. The molecule has 0 aliphatic carbocycles. The quantitative estimate of drug-likeness (QED) is 0.811. The molecular formula is C13H23BrN2O3Si. The number of hydrogen-bond donors (Lipinski definition) is 1. The molecule has 0 aliphatic rings. The molecule has 1 aromatic heterocycles. The fourth-order valence-electron chi connectivity index (χ4n) is 1.54. The molecule has 1 rings (SSSR count). The normalized spacial score (nSPS) is 12.8. The van der Waals surface area contributed by atoms with Crippen molar-refractivity contribution in [3.8, 4) is 0 Å². The maximum Gasteiger partial charge on any atom is 0.357 e. The number of rotatable bonds is 5. The van der Waals surface area contributed by atoms with Crippen LogP contribution in [-0.4, -0.2) is 35.6 Å². The lowest BCUT2D eigenvalue weighted by Crippen LogP contribution is -2.41. The highest BCUT2D eigenvalue weighted by Gasteiger charge is 2.37. The van der Waals surface area contributed by atoms with Crippen LogP contribution in [0.1, 0.15) is 37.1 Å². The highest BCUT2D eigenvalue weighted by Crippen LogP contribution is 2.36. The SMILES string of the molecule is Cc1nc(C(=O)O)c(Br)n1CCO[Si](C)(C)C(C)(C)C. The topological polar surface area (TPSA) is 64.3 Å². The number of hydrogen-bond acceptors (Lipinski definition) is 3. The first-order valence-electron chi connectivity index (χ1n) is 6.57. The molecule has 5 nitrogen and oxygen atoms in total. The Balaban J connectivity index is 2.75. The van der Waals surface area contributed by atoms with Gasteiger partial charge in [0.15, 0.2) is 14.0 Å². The first kappa shape index (κ1) is 17.4. The Kier molecular flexibility index (Phi) is 5.21. The van der Waals surface area contributed by atoms with Crippen LogP contribution in [0, 0.1) is 6.92 Å². The zero-order valence-corrected chi connectivity index (χ0v) is 15.5. The van der Waals surface area contributed by atoms with E-state index in [0.717, 1.165) is 0 Å². The molecule has 0 atom stereocenters. The average molecular weight is 363 g/mol. The van der Waals surface area contributed by atoms with Crippen molar-refractivity contribution in [1.29, 1.82) is 0 Å². The van der Waals surface area contributed by atoms with Gasteiger partial charge in [0.05, 0.1) is 6.61 Å². The van der Waals surface area contributed by atoms with Crippen molar-refractivity contribution < 1.29 is 14.3 Å². The molecule has 0 bridgehead atoms.